The summed E-state index contributed by atoms with van der Waals surface area (Å²) in [6, 6.07) is 12.6. The Morgan fingerprint density at radius 1 is 1.03 bits per heavy atom. The van der Waals surface area contributed by atoms with E-state index in [4.69, 9.17) is 39.9 Å². The maximum atomic E-state index is 14.3. The molecule has 2 aromatic carbocycles. The molecule has 36 heavy (non-hydrogen) atoms. The van der Waals surface area contributed by atoms with Crippen molar-refractivity contribution in [3.63, 3.8) is 0 Å². The minimum absolute atomic E-state index is 0.0194. The minimum atomic E-state index is -0.599. The number of carbonyl (C=O) groups is 1. The predicted octanol–water partition coefficient (Wildman–Crippen LogP) is 6.81. The van der Waals surface area contributed by atoms with Gasteiger partial charge in [-0.15, -0.1) is 0 Å². The van der Waals surface area contributed by atoms with E-state index in [2.05, 4.69) is 5.01 Å². The van der Waals surface area contributed by atoms with Gasteiger partial charge in [0, 0.05) is 40.9 Å². The number of aromatic nitrogens is 2. The van der Waals surface area contributed by atoms with E-state index in [1.807, 2.05) is 45.0 Å². The van der Waals surface area contributed by atoms with Gasteiger partial charge in [-0.05, 0) is 70.4 Å². The van der Waals surface area contributed by atoms with Gasteiger partial charge in [0.05, 0.1) is 21.9 Å². The molecule has 0 atom stereocenters. The van der Waals surface area contributed by atoms with Crippen LogP contribution in [-0.4, -0.2) is 56.0 Å². The van der Waals surface area contributed by atoms with Gasteiger partial charge in [-0.25, -0.2) is 9.69 Å². The standard InChI is InChI=1S/C27H31Cl3N4O2/c1-18-24(26(36)34(27(2,3)13-16-35)32-14-5-4-6-15-32)31-33(23-12-11-21(29)17-22(23)30)25(18)19-7-9-20(28)10-8-19/h7-12,17,35H,4-6,13-16H2,1-3H3. The molecule has 9 heteroatoms. The van der Waals surface area contributed by atoms with Gasteiger partial charge in [-0.2, -0.15) is 5.10 Å². The lowest BCUT2D eigenvalue weighted by molar-refractivity contribution is -0.0821. The normalized spacial score (nSPS) is 14.8. The first-order chi connectivity index (χ1) is 17.1. The SMILES string of the molecule is Cc1c(C(=O)N(N2CCCCC2)C(C)(C)CCO)nn(-c2ccc(Cl)cc2Cl)c1-c1ccc(Cl)cc1. The summed E-state index contributed by atoms with van der Waals surface area (Å²) in [4.78, 5) is 14.3. The number of benzene rings is 2. The number of aliphatic hydroxyl groups is 1. The topological polar surface area (TPSA) is 61.6 Å². The second kappa shape index (κ2) is 11.1. The summed E-state index contributed by atoms with van der Waals surface area (Å²) in [5.74, 6) is -0.202. The number of nitrogens with zero attached hydrogens (tertiary/aromatic N) is 4. The molecule has 4 rings (SSSR count). The van der Waals surface area contributed by atoms with E-state index in [0.717, 1.165) is 49.2 Å². The Hall–Kier alpha value is -2.09. The van der Waals surface area contributed by atoms with Crippen molar-refractivity contribution in [2.45, 2.75) is 52.0 Å². The van der Waals surface area contributed by atoms with Gasteiger partial charge in [0.2, 0.25) is 0 Å². The molecule has 1 N–H and O–H groups in total. The number of rotatable bonds is 7. The first kappa shape index (κ1) is 27.0. The molecule has 6 nitrogen and oxygen atoms in total. The Kier molecular flexibility index (Phi) is 8.32. The fraction of sp³-hybridized carbons (Fsp3) is 0.407. The highest BCUT2D eigenvalue weighted by atomic mass is 35.5. The molecular weight excluding hydrogens is 519 g/mol. The summed E-state index contributed by atoms with van der Waals surface area (Å²) >= 11 is 18.9. The van der Waals surface area contributed by atoms with Gasteiger partial charge in [0.1, 0.15) is 0 Å². The molecule has 0 spiro atoms. The number of hydrogen-bond acceptors (Lipinski definition) is 4. The third kappa shape index (κ3) is 5.43. The lowest BCUT2D eigenvalue weighted by Crippen LogP contribution is -2.59. The second-order valence-electron chi connectivity index (χ2n) is 9.75. The van der Waals surface area contributed by atoms with Crippen molar-refractivity contribution in [2.24, 2.45) is 0 Å². The molecule has 0 radical (unpaired) electrons. The van der Waals surface area contributed by atoms with E-state index in [0.29, 0.717) is 32.9 Å². The maximum Gasteiger partial charge on any atom is 0.289 e. The van der Waals surface area contributed by atoms with Crippen LogP contribution < -0.4 is 0 Å². The number of halogens is 3. The average Bonchev–Trinajstić information content (AvgIpc) is 3.17. The van der Waals surface area contributed by atoms with Gasteiger partial charge in [0.25, 0.3) is 5.91 Å². The van der Waals surface area contributed by atoms with Crippen molar-refractivity contribution in [1.82, 2.24) is 19.8 Å². The van der Waals surface area contributed by atoms with E-state index >= 15 is 0 Å². The number of carbonyl (C=O) groups excluding carboxylic acids is 1. The lowest BCUT2D eigenvalue weighted by Gasteiger charge is -2.46. The van der Waals surface area contributed by atoms with Crippen LogP contribution in [0.4, 0.5) is 0 Å². The quantitative estimate of drug-likeness (QED) is 0.352. The molecule has 192 valence electrons. The third-order valence-electron chi connectivity index (χ3n) is 6.69. The second-order valence-corrected chi connectivity index (χ2v) is 11.0. The first-order valence-electron chi connectivity index (χ1n) is 12.2. The van der Waals surface area contributed by atoms with Crippen LogP contribution in [0.25, 0.3) is 16.9 Å². The zero-order valence-corrected chi connectivity index (χ0v) is 23.0. The Balaban J connectivity index is 1.89. The van der Waals surface area contributed by atoms with Crippen molar-refractivity contribution >= 4 is 40.7 Å². The largest absolute Gasteiger partial charge is 0.396 e. The molecule has 0 unspecified atom stereocenters. The third-order valence-corrected chi connectivity index (χ3v) is 7.47. The molecule has 3 aromatic rings. The van der Waals surface area contributed by atoms with Crippen LogP contribution in [0.3, 0.4) is 0 Å². The van der Waals surface area contributed by atoms with Crippen molar-refractivity contribution in [1.29, 1.82) is 0 Å². The highest BCUT2D eigenvalue weighted by molar-refractivity contribution is 6.35. The zero-order chi connectivity index (χ0) is 26.0. The van der Waals surface area contributed by atoms with Crippen LogP contribution in [0.1, 0.15) is 55.6 Å². The van der Waals surface area contributed by atoms with E-state index in [1.165, 1.54) is 0 Å². The predicted molar refractivity (Wildman–Crippen MR) is 146 cm³/mol. The van der Waals surface area contributed by atoms with Crippen LogP contribution in [0.2, 0.25) is 15.1 Å². The molecule has 2 heterocycles. The van der Waals surface area contributed by atoms with Crippen molar-refractivity contribution < 1.29 is 9.90 Å². The number of hydrogen-bond donors (Lipinski definition) is 1. The summed E-state index contributed by atoms with van der Waals surface area (Å²) in [5.41, 5.74) is 2.69. The molecule has 1 saturated heterocycles. The summed E-state index contributed by atoms with van der Waals surface area (Å²) in [5, 5.41) is 20.1. The summed E-state index contributed by atoms with van der Waals surface area (Å²) in [6.45, 7) is 7.42. The van der Waals surface area contributed by atoms with E-state index in [9.17, 15) is 9.90 Å². The lowest BCUT2D eigenvalue weighted by atomic mass is 9.98. The van der Waals surface area contributed by atoms with Crippen LogP contribution >= 0.6 is 34.8 Å². The Morgan fingerprint density at radius 3 is 2.28 bits per heavy atom. The number of amides is 1. The Morgan fingerprint density at radius 2 is 1.67 bits per heavy atom. The fourth-order valence-corrected chi connectivity index (χ4v) is 5.43. The van der Waals surface area contributed by atoms with Crippen LogP contribution in [0, 0.1) is 6.92 Å². The molecule has 1 aliphatic heterocycles. The molecule has 0 saturated carbocycles. The Bertz CT molecular complexity index is 1230. The molecule has 0 aliphatic carbocycles. The summed E-state index contributed by atoms with van der Waals surface area (Å²) in [7, 11) is 0. The molecule has 1 aliphatic rings. The highest BCUT2D eigenvalue weighted by Crippen LogP contribution is 2.35. The average molecular weight is 550 g/mol. The van der Waals surface area contributed by atoms with Gasteiger partial charge < -0.3 is 5.11 Å². The summed E-state index contributed by atoms with van der Waals surface area (Å²) < 4.78 is 1.71. The Labute approximate surface area is 227 Å². The van der Waals surface area contributed by atoms with E-state index in [1.54, 1.807) is 27.9 Å². The van der Waals surface area contributed by atoms with Crippen molar-refractivity contribution in [2.75, 3.05) is 19.7 Å². The fourth-order valence-electron chi connectivity index (χ4n) is 4.82. The van der Waals surface area contributed by atoms with Gasteiger partial charge in [-0.1, -0.05) is 53.4 Å². The number of piperidine rings is 1. The maximum absolute atomic E-state index is 14.3. The molecule has 1 amide bonds. The van der Waals surface area contributed by atoms with E-state index < -0.39 is 5.54 Å². The van der Waals surface area contributed by atoms with Gasteiger partial charge in [-0.3, -0.25) is 9.80 Å². The number of aliphatic hydroxyl groups excluding tert-OH is 1. The van der Waals surface area contributed by atoms with Crippen LogP contribution in [0.15, 0.2) is 42.5 Å². The highest BCUT2D eigenvalue weighted by Gasteiger charge is 2.39. The van der Waals surface area contributed by atoms with Crippen molar-refractivity contribution in [3.05, 3.63) is 68.8 Å². The smallest absolute Gasteiger partial charge is 0.289 e. The van der Waals surface area contributed by atoms with Crippen molar-refractivity contribution in [3.8, 4) is 16.9 Å². The van der Waals surface area contributed by atoms with Gasteiger partial charge >= 0.3 is 0 Å². The molecule has 0 bridgehead atoms. The first-order valence-corrected chi connectivity index (χ1v) is 13.3. The summed E-state index contributed by atoms with van der Waals surface area (Å²) in [6.07, 6.45) is 3.62. The monoisotopic (exact) mass is 548 g/mol. The molecule has 1 fully saturated rings. The number of hydrazine groups is 1. The molecular formula is C27H31Cl3N4O2. The minimum Gasteiger partial charge on any atom is -0.396 e. The molecule has 1 aromatic heterocycles. The van der Waals surface area contributed by atoms with E-state index in [-0.39, 0.29) is 12.5 Å². The van der Waals surface area contributed by atoms with Crippen LogP contribution in [0.5, 0.6) is 0 Å². The zero-order valence-electron chi connectivity index (χ0n) is 20.8. The van der Waals surface area contributed by atoms with Crippen LogP contribution in [-0.2, 0) is 0 Å². The van der Waals surface area contributed by atoms with Gasteiger partial charge in [0.15, 0.2) is 5.69 Å².